The van der Waals surface area contributed by atoms with Gasteiger partial charge in [0.25, 0.3) is 5.56 Å². The molecule has 0 spiro atoms. The molecule has 88 valence electrons. The van der Waals surface area contributed by atoms with Gasteiger partial charge in [-0.05, 0) is 40.8 Å². The first-order valence-electron chi connectivity index (χ1n) is 4.77. The van der Waals surface area contributed by atoms with E-state index in [0.29, 0.717) is 15.1 Å². The lowest BCUT2D eigenvalue weighted by molar-refractivity contribution is 0.989. The van der Waals surface area contributed by atoms with Crippen molar-refractivity contribution in [3.8, 4) is 0 Å². The van der Waals surface area contributed by atoms with E-state index < -0.39 is 0 Å². The van der Waals surface area contributed by atoms with Crippen molar-refractivity contribution in [3.63, 3.8) is 0 Å². The van der Waals surface area contributed by atoms with Crippen molar-refractivity contribution in [3.05, 3.63) is 54.7 Å². The minimum Gasteiger partial charge on any atom is -0.309 e. The molecule has 0 bridgehead atoms. The zero-order valence-electron chi connectivity index (χ0n) is 8.61. The van der Waals surface area contributed by atoms with Crippen molar-refractivity contribution in [1.29, 1.82) is 0 Å². The van der Waals surface area contributed by atoms with E-state index in [0.717, 1.165) is 9.37 Å². The second-order valence-corrected chi connectivity index (χ2v) is 6.38. The minimum absolute atomic E-state index is 0.0783. The summed E-state index contributed by atoms with van der Waals surface area (Å²) in [5.41, 5.74) is -0.0783. The molecule has 0 amide bonds. The number of aromatic amines is 1. The van der Waals surface area contributed by atoms with Gasteiger partial charge in [-0.15, -0.1) is 11.8 Å². The summed E-state index contributed by atoms with van der Waals surface area (Å²) in [6.07, 6.45) is 1.59. The molecule has 0 saturated heterocycles. The molecule has 0 unspecified atom stereocenters. The maximum absolute atomic E-state index is 11.4. The first-order valence-corrected chi connectivity index (χ1v) is 7.63. The van der Waals surface area contributed by atoms with Crippen LogP contribution in [-0.4, -0.2) is 9.97 Å². The second-order valence-electron chi connectivity index (χ2n) is 3.25. The van der Waals surface area contributed by atoms with Crippen molar-refractivity contribution >= 4 is 50.3 Å². The number of nitrogens with one attached hydrogen (secondary N) is 1. The molecule has 0 saturated carbocycles. The average molecular weight is 423 g/mol. The van der Waals surface area contributed by atoms with E-state index in [9.17, 15) is 4.79 Å². The third-order valence-electron chi connectivity index (χ3n) is 1.98. The Hall–Kier alpha value is -0.340. The number of H-pyrrole nitrogens is 1. The van der Waals surface area contributed by atoms with Crippen LogP contribution in [0.1, 0.15) is 5.82 Å². The van der Waals surface area contributed by atoms with Gasteiger partial charge in [-0.2, -0.15) is 0 Å². The Morgan fingerprint density at radius 2 is 2.29 bits per heavy atom. The average Bonchev–Trinajstić information content (AvgIpc) is 2.31. The van der Waals surface area contributed by atoms with Crippen LogP contribution in [0.15, 0.2) is 44.6 Å². The first-order chi connectivity index (χ1) is 8.15. The molecule has 0 aliphatic heterocycles. The Morgan fingerprint density at radius 3 is 3.00 bits per heavy atom. The molecule has 17 heavy (non-hydrogen) atoms. The van der Waals surface area contributed by atoms with E-state index in [1.165, 1.54) is 0 Å². The van der Waals surface area contributed by atoms with Crippen LogP contribution in [0.5, 0.6) is 0 Å². The summed E-state index contributed by atoms with van der Waals surface area (Å²) < 4.78 is 1.66. The lowest BCUT2D eigenvalue weighted by atomic mass is 10.4. The number of hydrogen-bond acceptors (Lipinski definition) is 3. The molecule has 0 aliphatic carbocycles. The van der Waals surface area contributed by atoms with Crippen LogP contribution in [0.2, 0.25) is 0 Å². The zero-order chi connectivity index (χ0) is 12.3. The number of halogens is 2. The third-order valence-corrected chi connectivity index (χ3v) is 4.25. The van der Waals surface area contributed by atoms with Gasteiger partial charge >= 0.3 is 0 Å². The third kappa shape index (κ3) is 3.82. The van der Waals surface area contributed by atoms with Crippen LogP contribution in [0.4, 0.5) is 0 Å². The predicted octanol–water partition coefficient (Wildman–Crippen LogP) is 3.43. The fourth-order valence-corrected chi connectivity index (χ4v) is 2.86. The van der Waals surface area contributed by atoms with E-state index in [-0.39, 0.29) is 5.56 Å². The van der Waals surface area contributed by atoms with Gasteiger partial charge in [-0.25, -0.2) is 4.98 Å². The molecule has 6 heteroatoms. The van der Waals surface area contributed by atoms with E-state index in [1.54, 1.807) is 18.0 Å². The van der Waals surface area contributed by atoms with Crippen LogP contribution < -0.4 is 5.56 Å². The Labute approximate surface area is 125 Å². The Bertz CT molecular complexity index is 588. The summed E-state index contributed by atoms with van der Waals surface area (Å²) >= 11 is 7.02. The van der Waals surface area contributed by atoms with Gasteiger partial charge in [0.2, 0.25) is 0 Å². The van der Waals surface area contributed by atoms with Gasteiger partial charge < -0.3 is 4.98 Å². The largest absolute Gasteiger partial charge is 0.309 e. The van der Waals surface area contributed by atoms with E-state index in [1.807, 2.05) is 46.9 Å². The van der Waals surface area contributed by atoms with Gasteiger partial charge in [0.15, 0.2) is 0 Å². The fraction of sp³-hybridized carbons (Fsp3) is 0.0909. The highest BCUT2D eigenvalue weighted by molar-refractivity contribution is 14.1. The molecule has 3 nitrogen and oxygen atoms in total. The minimum atomic E-state index is -0.0783. The smallest absolute Gasteiger partial charge is 0.264 e. The number of benzene rings is 1. The van der Waals surface area contributed by atoms with Gasteiger partial charge in [0.1, 0.15) is 5.82 Å². The predicted molar refractivity (Wildman–Crippen MR) is 81.3 cm³/mol. The van der Waals surface area contributed by atoms with E-state index >= 15 is 0 Å². The standard InChI is InChI=1S/C11H8BrIN2OS/c12-7-2-1-3-8(4-7)17-6-10-14-5-9(13)11(16)15-10/h1-5H,6H2,(H,14,15,16). The van der Waals surface area contributed by atoms with Gasteiger partial charge in [0, 0.05) is 15.6 Å². The summed E-state index contributed by atoms with van der Waals surface area (Å²) in [7, 11) is 0. The van der Waals surface area contributed by atoms with Crippen molar-refractivity contribution in [2.75, 3.05) is 0 Å². The molecule has 0 fully saturated rings. The molecule has 0 radical (unpaired) electrons. The highest BCUT2D eigenvalue weighted by atomic mass is 127. The van der Waals surface area contributed by atoms with Crippen LogP contribution >= 0.6 is 50.3 Å². The number of rotatable bonds is 3. The SMILES string of the molecule is O=c1[nH]c(CSc2cccc(Br)c2)ncc1I. The Balaban J connectivity index is 2.07. The number of hydrogen-bond donors (Lipinski definition) is 1. The quantitative estimate of drug-likeness (QED) is 0.608. The van der Waals surface area contributed by atoms with Crippen molar-refractivity contribution in [2.45, 2.75) is 10.6 Å². The Morgan fingerprint density at radius 1 is 1.47 bits per heavy atom. The molecular formula is C11H8BrIN2OS. The van der Waals surface area contributed by atoms with Gasteiger partial charge in [-0.1, -0.05) is 22.0 Å². The zero-order valence-corrected chi connectivity index (χ0v) is 13.2. The van der Waals surface area contributed by atoms with Crippen LogP contribution in [0, 0.1) is 3.57 Å². The summed E-state index contributed by atoms with van der Waals surface area (Å²) in [4.78, 5) is 19.5. The second kappa shape index (κ2) is 6.01. The van der Waals surface area contributed by atoms with E-state index in [4.69, 9.17) is 0 Å². The molecule has 2 aromatic rings. The van der Waals surface area contributed by atoms with Gasteiger partial charge in [-0.3, -0.25) is 4.79 Å². The van der Waals surface area contributed by atoms with E-state index in [2.05, 4.69) is 25.9 Å². The monoisotopic (exact) mass is 422 g/mol. The molecule has 0 atom stereocenters. The molecule has 2 rings (SSSR count). The summed E-state index contributed by atoms with van der Waals surface area (Å²) in [6, 6.07) is 8.03. The highest BCUT2D eigenvalue weighted by Gasteiger charge is 2.01. The molecule has 1 N–H and O–H groups in total. The maximum atomic E-state index is 11.4. The summed E-state index contributed by atoms with van der Waals surface area (Å²) in [6.45, 7) is 0. The number of aromatic nitrogens is 2. The van der Waals surface area contributed by atoms with Crippen LogP contribution in [0.3, 0.4) is 0 Å². The lowest BCUT2D eigenvalue weighted by Crippen LogP contribution is -2.12. The molecule has 1 aromatic carbocycles. The lowest BCUT2D eigenvalue weighted by Gasteiger charge is -2.02. The van der Waals surface area contributed by atoms with Crippen molar-refractivity contribution in [1.82, 2.24) is 9.97 Å². The van der Waals surface area contributed by atoms with Crippen molar-refractivity contribution in [2.24, 2.45) is 0 Å². The summed E-state index contributed by atoms with van der Waals surface area (Å²) in [5, 5.41) is 0. The first kappa shape index (κ1) is 13.1. The molecular weight excluding hydrogens is 415 g/mol. The fourth-order valence-electron chi connectivity index (χ4n) is 1.20. The number of thioether (sulfide) groups is 1. The number of nitrogens with zero attached hydrogens (tertiary/aromatic N) is 1. The van der Waals surface area contributed by atoms with Gasteiger partial charge in [0.05, 0.1) is 9.32 Å². The molecule has 0 aliphatic rings. The summed E-state index contributed by atoms with van der Waals surface area (Å²) in [5.74, 6) is 1.35. The van der Waals surface area contributed by atoms with Crippen LogP contribution in [0.25, 0.3) is 0 Å². The van der Waals surface area contributed by atoms with Crippen molar-refractivity contribution < 1.29 is 0 Å². The molecule has 1 heterocycles. The maximum Gasteiger partial charge on any atom is 0.264 e. The topological polar surface area (TPSA) is 45.8 Å². The Kier molecular flexibility index (Phi) is 4.63. The normalized spacial score (nSPS) is 10.5. The molecule has 1 aromatic heterocycles. The highest BCUT2D eigenvalue weighted by Crippen LogP contribution is 2.23. The van der Waals surface area contributed by atoms with Crippen LogP contribution in [-0.2, 0) is 5.75 Å².